The second-order valence-electron chi connectivity index (χ2n) is 1.94. The van der Waals surface area contributed by atoms with E-state index in [4.69, 9.17) is 11.5 Å². The highest BCUT2D eigenvalue weighted by Crippen LogP contribution is 2.17. The van der Waals surface area contributed by atoms with Gasteiger partial charge in [0.05, 0.1) is 0 Å². The molecule has 8 heavy (non-hydrogen) atoms. The Bertz CT molecular complexity index is 101. The highest BCUT2D eigenvalue weighted by Gasteiger charge is 2.19. The van der Waals surface area contributed by atoms with E-state index in [1.807, 2.05) is 0 Å². The van der Waals surface area contributed by atoms with Crippen LogP contribution in [0, 0.1) is 0 Å². The number of guanidine groups is 1. The Morgan fingerprint density at radius 2 is 2.12 bits per heavy atom. The van der Waals surface area contributed by atoms with Gasteiger partial charge in [0.2, 0.25) is 5.96 Å². The lowest BCUT2D eigenvalue weighted by Gasteiger charge is -1.92. The number of hydrogen-bond donors (Lipinski definition) is 3. The number of nitrogens with zero attached hydrogens (tertiary/aromatic N) is 1. The molecule has 4 nitrogen and oxygen atoms in total. The number of hydrogen-bond acceptors (Lipinski definition) is 2. The number of rotatable bonds is 2. The van der Waals surface area contributed by atoms with Crippen molar-refractivity contribution < 1.29 is 0 Å². The third kappa shape index (κ3) is 1.68. The van der Waals surface area contributed by atoms with Crippen LogP contribution in [0.15, 0.2) is 5.10 Å². The van der Waals surface area contributed by atoms with Crippen LogP contribution in [0.25, 0.3) is 0 Å². The second-order valence-corrected chi connectivity index (χ2v) is 1.94. The summed E-state index contributed by atoms with van der Waals surface area (Å²) in [5.74, 6) is 0.108. The minimum absolute atomic E-state index is 0.108. The van der Waals surface area contributed by atoms with Gasteiger partial charge in [-0.05, 0) is 12.8 Å². The fraction of sp³-hybridized carbons (Fsp3) is 0.750. The summed E-state index contributed by atoms with van der Waals surface area (Å²) in [7, 11) is 0. The molecule has 46 valence electrons. The Balaban J connectivity index is 2.10. The van der Waals surface area contributed by atoms with Crippen molar-refractivity contribution in [1.29, 1.82) is 0 Å². The fourth-order valence-electron chi connectivity index (χ4n) is 0.378. The standard InChI is InChI=1S/C4H10N4/c5-4(6)8-7-3-1-2-3/h3,7H,1-2H2,(H4,5,6,8). The molecular formula is C4H10N4. The van der Waals surface area contributed by atoms with Gasteiger partial charge in [-0.15, -0.1) is 5.10 Å². The number of hydrazone groups is 1. The van der Waals surface area contributed by atoms with E-state index < -0.39 is 0 Å². The molecule has 4 heteroatoms. The number of nitrogens with two attached hydrogens (primary N) is 2. The van der Waals surface area contributed by atoms with Crippen LogP contribution in [0.4, 0.5) is 0 Å². The summed E-state index contributed by atoms with van der Waals surface area (Å²) in [6, 6.07) is 0.539. The first-order valence-electron chi connectivity index (χ1n) is 2.63. The SMILES string of the molecule is NC(N)=NNC1CC1. The van der Waals surface area contributed by atoms with Crippen molar-refractivity contribution in [3.63, 3.8) is 0 Å². The smallest absolute Gasteiger partial charge is 0.208 e. The molecule has 0 bridgehead atoms. The Morgan fingerprint density at radius 3 is 2.50 bits per heavy atom. The molecule has 1 aliphatic carbocycles. The average molecular weight is 114 g/mol. The normalized spacial score (nSPS) is 17.5. The van der Waals surface area contributed by atoms with Crippen molar-refractivity contribution in [2.45, 2.75) is 18.9 Å². The molecule has 1 saturated carbocycles. The molecule has 0 aliphatic heterocycles. The molecular weight excluding hydrogens is 104 g/mol. The van der Waals surface area contributed by atoms with E-state index >= 15 is 0 Å². The summed E-state index contributed by atoms with van der Waals surface area (Å²) in [6.45, 7) is 0. The quantitative estimate of drug-likeness (QED) is 0.243. The van der Waals surface area contributed by atoms with E-state index in [0.29, 0.717) is 6.04 Å². The van der Waals surface area contributed by atoms with Gasteiger partial charge in [0, 0.05) is 6.04 Å². The van der Waals surface area contributed by atoms with E-state index in [0.717, 1.165) is 0 Å². The highest BCUT2D eigenvalue weighted by atomic mass is 15.3. The topological polar surface area (TPSA) is 76.4 Å². The van der Waals surface area contributed by atoms with Gasteiger partial charge >= 0.3 is 0 Å². The van der Waals surface area contributed by atoms with E-state index in [1.54, 1.807) is 0 Å². The zero-order chi connectivity index (χ0) is 5.98. The van der Waals surface area contributed by atoms with Crippen molar-refractivity contribution in [2.75, 3.05) is 0 Å². The van der Waals surface area contributed by atoms with Gasteiger partial charge in [0.15, 0.2) is 0 Å². The second kappa shape index (κ2) is 1.90. The van der Waals surface area contributed by atoms with Crippen LogP contribution in [-0.2, 0) is 0 Å². The van der Waals surface area contributed by atoms with E-state index in [9.17, 15) is 0 Å². The van der Waals surface area contributed by atoms with Crippen molar-refractivity contribution in [3.05, 3.63) is 0 Å². The van der Waals surface area contributed by atoms with Gasteiger partial charge < -0.3 is 16.9 Å². The monoisotopic (exact) mass is 114 g/mol. The minimum Gasteiger partial charge on any atom is -0.369 e. The predicted octanol–water partition coefficient (Wildman–Crippen LogP) is -1.07. The van der Waals surface area contributed by atoms with Gasteiger partial charge in [0.1, 0.15) is 0 Å². The van der Waals surface area contributed by atoms with E-state index in [-0.39, 0.29) is 5.96 Å². The van der Waals surface area contributed by atoms with Crippen LogP contribution in [0.2, 0.25) is 0 Å². The molecule has 0 radical (unpaired) electrons. The molecule has 1 aliphatic rings. The van der Waals surface area contributed by atoms with Crippen molar-refractivity contribution in [1.82, 2.24) is 5.43 Å². The molecule has 0 aromatic rings. The first-order valence-corrected chi connectivity index (χ1v) is 2.63. The molecule has 0 heterocycles. The predicted molar refractivity (Wildman–Crippen MR) is 32.0 cm³/mol. The lowest BCUT2D eigenvalue weighted by atomic mass is 10.8. The molecule has 0 atom stereocenters. The summed E-state index contributed by atoms with van der Waals surface area (Å²) in [6.07, 6.45) is 2.38. The van der Waals surface area contributed by atoms with Gasteiger partial charge in [-0.25, -0.2) is 0 Å². The lowest BCUT2D eigenvalue weighted by molar-refractivity contribution is 0.734. The third-order valence-electron chi connectivity index (χ3n) is 0.954. The largest absolute Gasteiger partial charge is 0.369 e. The Kier molecular flexibility index (Phi) is 1.24. The summed E-state index contributed by atoms with van der Waals surface area (Å²) < 4.78 is 0. The summed E-state index contributed by atoms with van der Waals surface area (Å²) >= 11 is 0. The minimum atomic E-state index is 0.108. The molecule has 1 fully saturated rings. The van der Waals surface area contributed by atoms with Gasteiger partial charge in [-0.2, -0.15) is 0 Å². The molecule has 5 N–H and O–H groups in total. The van der Waals surface area contributed by atoms with Gasteiger partial charge in [-0.1, -0.05) is 0 Å². The van der Waals surface area contributed by atoms with Crippen LogP contribution in [0.3, 0.4) is 0 Å². The maximum Gasteiger partial charge on any atom is 0.208 e. The maximum atomic E-state index is 5.03. The van der Waals surface area contributed by atoms with E-state index in [2.05, 4.69) is 10.5 Å². The summed E-state index contributed by atoms with van der Waals surface area (Å²) in [5.41, 5.74) is 12.9. The zero-order valence-corrected chi connectivity index (χ0v) is 4.59. The average Bonchev–Trinajstić information content (AvgIpc) is 2.41. The van der Waals surface area contributed by atoms with Crippen LogP contribution in [0.1, 0.15) is 12.8 Å². The molecule has 0 spiro atoms. The summed E-state index contributed by atoms with van der Waals surface area (Å²) in [5, 5.41) is 3.61. The van der Waals surface area contributed by atoms with Crippen LogP contribution in [0.5, 0.6) is 0 Å². The lowest BCUT2D eigenvalue weighted by Crippen LogP contribution is -2.26. The molecule has 1 rings (SSSR count). The zero-order valence-electron chi connectivity index (χ0n) is 4.59. The molecule has 0 unspecified atom stereocenters. The van der Waals surface area contributed by atoms with Crippen LogP contribution in [-0.4, -0.2) is 12.0 Å². The highest BCUT2D eigenvalue weighted by molar-refractivity contribution is 5.75. The van der Waals surface area contributed by atoms with Crippen LogP contribution < -0.4 is 16.9 Å². The molecule has 0 aromatic heterocycles. The first kappa shape index (κ1) is 5.21. The van der Waals surface area contributed by atoms with Gasteiger partial charge in [-0.3, -0.25) is 0 Å². The number of nitrogens with one attached hydrogen (secondary N) is 1. The third-order valence-corrected chi connectivity index (χ3v) is 0.954. The van der Waals surface area contributed by atoms with Crippen molar-refractivity contribution in [2.24, 2.45) is 16.6 Å². The van der Waals surface area contributed by atoms with E-state index in [1.165, 1.54) is 12.8 Å². The Hall–Kier alpha value is -0.930. The Morgan fingerprint density at radius 1 is 1.50 bits per heavy atom. The fourth-order valence-corrected chi connectivity index (χ4v) is 0.378. The molecule has 0 saturated heterocycles. The van der Waals surface area contributed by atoms with Gasteiger partial charge in [0.25, 0.3) is 0 Å². The van der Waals surface area contributed by atoms with Crippen LogP contribution >= 0.6 is 0 Å². The van der Waals surface area contributed by atoms with Crippen molar-refractivity contribution >= 4 is 5.96 Å². The molecule has 0 amide bonds. The maximum absolute atomic E-state index is 5.03. The summed E-state index contributed by atoms with van der Waals surface area (Å²) in [4.78, 5) is 0. The van der Waals surface area contributed by atoms with Crippen molar-refractivity contribution in [3.8, 4) is 0 Å². The Labute approximate surface area is 47.9 Å². The molecule has 0 aromatic carbocycles. The first-order chi connectivity index (χ1) is 3.79.